The van der Waals surface area contributed by atoms with Gasteiger partial charge in [0.25, 0.3) is 0 Å². The summed E-state index contributed by atoms with van der Waals surface area (Å²) in [7, 11) is 0. The summed E-state index contributed by atoms with van der Waals surface area (Å²) in [6.45, 7) is 1.23. The molecule has 4 heterocycles. The molecule has 3 aliphatic heterocycles. The lowest BCUT2D eigenvalue weighted by Gasteiger charge is -2.39. The van der Waals surface area contributed by atoms with Gasteiger partial charge in [0.15, 0.2) is 11.5 Å². The monoisotopic (exact) mass is 438 g/mol. The van der Waals surface area contributed by atoms with E-state index < -0.39 is 0 Å². The predicted octanol–water partition coefficient (Wildman–Crippen LogP) is 4.78. The van der Waals surface area contributed by atoms with Gasteiger partial charge < -0.3 is 19.2 Å². The molecule has 0 aliphatic carbocycles. The molecule has 0 spiro atoms. The Kier molecular flexibility index (Phi) is 4.58. The highest BCUT2D eigenvalue weighted by atomic mass is 35.5. The minimum atomic E-state index is -0.347. The SMILES string of the molecule is O=c1cc(NC2CC3CCC(C2)N3Cc2ccc3c(c2)OCO3)c2cc(Cl)ccc2o1. The quantitative estimate of drug-likeness (QED) is 0.591. The minimum Gasteiger partial charge on any atom is -0.454 e. The van der Waals surface area contributed by atoms with Crippen LogP contribution in [0.1, 0.15) is 31.2 Å². The van der Waals surface area contributed by atoms with Crippen molar-refractivity contribution in [3.05, 3.63) is 63.5 Å². The Bertz CT molecular complexity index is 1200. The van der Waals surface area contributed by atoms with Crippen LogP contribution in [0, 0.1) is 0 Å². The van der Waals surface area contributed by atoms with Crippen LogP contribution in [0.2, 0.25) is 5.02 Å². The van der Waals surface area contributed by atoms with E-state index in [-0.39, 0.29) is 5.63 Å². The standard InChI is InChI=1S/C24H23ClN2O4/c25-15-2-6-21-19(8-15)20(11-24(28)31-21)26-16-9-17-3-4-18(10-16)27(17)12-14-1-5-22-23(7-14)30-13-29-22/h1-2,5-8,11,16-18,26H,3-4,9-10,12-13H2. The van der Waals surface area contributed by atoms with Crippen LogP contribution in [0.5, 0.6) is 11.5 Å². The first-order valence-electron chi connectivity index (χ1n) is 10.8. The van der Waals surface area contributed by atoms with Crippen LogP contribution in [0.15, 0.2) is 51.7 Å². The average Bonchev–Trinajstić information content (AvgIpc) is 3.30. The molecule has 7 heteroatoms. The van der Waals surface area contributed by atoms with Crippen LogP contribution in [-0.4, -0.2) is 29.8 Å². The van der Waals surface area contributed by atoms with Gasteiger partial charge in [-0.2, -0.15) is 0 Å². The van der Waals surface area contributed by atoms with Crippen molar-refractivity contribution in [3.63, 3.8) is 0 Å². The van der Waals surface area contributed by atoms with Crippen molar-refractivity contribution in [2.24, 2.45) is 0 Å². The molecule has 0 radical (unpaired) electrons. The van der Waals surface area contributed by atoms with Crippen LogP contribution in [-0.2, 0) is 6.54 Å². The van der Waals surface area contributed by atoms with Crippen molar-refractivity contribution in [1.29, 1.82) is 0 Å². The van der Waals surface area contributed by atoms with Gasteiger partial charge in [-0.25, -0.2) is 4.79 Å². The smallest absolute Gasteiger partial charge is 0.338 e. The molecule has 31 heavy (non-hydrogen) atoms. The van der Waals surface area contributed by atoms with E-state index in [0.29, 0.717) is 35.5 Å². The van der Waals surface area contributed by atoms with Crippen LogP contribution in [0.3, 0.4) is 0 Å². The maximum absolute atomic E-state index is 12.0. The van der Waals surface area contributed by atoms with Gasteiger partial charge in [-0.15, -0.1) is 0 Å². The van der Waals surface area contributed by atoms with Crippen LogP contribution in [0.4, 0.5) is 5.69 Å². The van der Waals surface area contributed by atoms with Gasteiger partial charge in [-0.05, 0) is 61.6 Å². The molecule has 0 amide bonds. The van der Waals surface area contributed by atoms with Crippen molar-refractivity contribution < 1.29 is 13.9 Å². The number of hydrogen-bond donors (Lipinski definition) is 1. The van der Waals surface area contributed by atoms with Gasteiger partial charge >= 0.3 is 5.63 Å². The number of halogens is 1. The summed E-state index contributed by atoms with van der Waals surface area (Å²) in [4.78, 5) is 14.7. The van der Waals surface area contributed by atoms with Crippen molar-refractivity contribution in [3.8, 4) is 11.5 Å². The molecule has 2 bridgehead atoms. The molecule has 1 aromatic heterocycles. The van der Waals surface area contributed by atoms with E-state index in [4.69, 9.17) is 25.5 Å². The Hall–Kier alpha value is -2.70. The Labute approximate surface area is 184 Å². The molecule has 0 saturated carbocycles. The zero-order chi connectivity index (χ0) is 20.9. The highest BCUT2D eigenvalue weighted by molar-refractivity contribution is 6.31. The van der Waals surface area contributed by atoms with Crippen molar-refractivity contribution in [2.45, 2.75) is 50.4 Å². The third kappa shape index (κ3) is 3.54. The summed E-state index contributed by atoms with van der Waals surface area (Å²) >= 11 is 6.19. The molecule has 2 atom stereocenters. The molecule has 2 saturated heterocycles. The van der Waals surface area contributed by atoms with Crippen molar-refractivity contribution in [2.75, 3.05) is 12.1 Å². The Morgan fingerprint density at radius 1 is 1.00 bits per heavy atom. The lowest BCUT2D eigenvalue weighted by molar-refractivity contribution is 0.124. The molecule has 3 aromatic rings. The number of fused-ring (bicyclic) bond motifs is 4. The zero-order valence-electron chi connectivity index (χ0n) is 17.0. The van der Waals surface area contributed by atoms with Crippen LogP contribution < -0.4 is 20.4 Å². The van der Waals surface area contributed by atoms with E-state index >= 15 is 0 Å². The topological polar surface area (TPSA) is 63.9 Å². The zero-order valence-corrected chi connectivity index (χ0v) is 17.7. The average molecular weight is 439 g/mol. The number of piperidine rings is 1. The lowest BCUT2D eigenvalue weighted by Crippen LogP contribution is -2.46. The largest absolute Gasteiger partial charge is 0.454 e. The second kappa shape index (κ2) is 7.46. The fourth-order valence-electron chi connectivity index (χ4n) is 5.37. The van der Waals surface area contributed by atoms with Gasteiger partial charge in [0.2, 0.25) is 6.79 Å². The highest BCUT2D eigenvalue weighted by Gasteiger charge is 2.40. The highest BCUT2D eigenvalue weighted by Crippen LogP contribution is 2.40. The normalized spacial score (nSPS) is 24.6. The number of nitrogens with one attached hydrogen (secondary N) is 1. The summed E-state index contributed by atoms with van der Waals surface area (Å²) in [5.74, 6) is 1.67. The van der Waals surface area contributed by atoms with E-state index in [0.717, 1.165) is 42.0 Å². The molecule has 2 fully saturated rings. The van der Waals surface area contributed by atoms with E-state index in [1.807, 2.05) is 12.1 Å². The van der Waals surface area contributed by atoms with Crippen LogP contribution >= 0.6 is 11.6 Å². The maximum atomic E-state index is 12.0. The number of rotatable bonds is 4. The van der Waals surface area contributed by atoms with Gasteiger partial charge in [0.05, 0.1) is 5.69 Å². The molecule has 160 valence electrons. The third-order valence-electron chi connectivity index (χ3n) is 6.75. The number of ether oxygens (including phenoxy) is 2. The first-order valence-corrected chi connectivity index (χ1v) is 11.1. The number of benzene rings is 2. The van der Waals surface area contributed by atoms with Gasteiger partial charge in [0.1, 0.15) is 5.58 Å². The number of nitrogens with zero attached hydrogens (tertiary/aromatic N) is 1. The summed E-state index contributed by atoms with van der Waals surface area (Å²) in [5, 5.41) is 5.11. The molecule has 2 aromatic carbocycles. The van der Waals surface area contributed by atoms with E-state index in [1.165, 1.54) is 18.4 Å². The Balaban J connectivity index is 1.20. The summed E-state index contributed by atoms with van der Waals surface area (Å²) in [6.07, 6.45) is 4.50. The van der Waals surface area contributed by atoms with Gasteiger partial charge in [-0.3, -0.25) is 4.90 Å². The summed E-state index contributed by atoms with van der Waals surface area (Å²) < 4.78 is 16.3. The fraction of sp³-hybridized carbons (Fsp3) is 0.375. The van der Waals surface area contributed by atoms with Crippen molar-refractivity contribution >= 4 is 28.3 Å². The fourth-order valence-corrected chi connectivity index (χ4v) is 5.55. The molecule has 1 N–H and O–H groups in total. The molecular weight excluding hydrogens is 416 g/mol. The van der Waals surface area contributed by atoms with E-state index in [9.17, 15) is 4.79 Å². The molecular formula is C24H23ClN2O4. The lowest BCUT2D eigenvalue weighted by atomic mass is 9.96. The molecule has 3 aliphatic rings. The van der Waals surface area contributed by atoms with Crippen LogP contribution in [0.25, 0.3) is 11.0 Å². The first kappa shape index (κ1) is 19.0. The van der Waals surface area contributed by atoms with Crippen molar-refractivity contribution in [1.82, 2.24) is 4.90 Å². The number of anilines is 1. The second-order valence-electron chi connectivity index (χ2n) is 8.68. The van der Waals surface area contributed by atoms with Gasteiger partial charge in [-0.1, -0.05) is 17.7 Å². The van der Waals surface area contributed by atoms with E-state index in [2.05, 4.69) is 22.3 Å². The summed E-state index contributed by atoms with van der Waals surface area (Å²) in [6, 6.07) is 14.5. The van der Waals surface area contributed by atoms with E-state index in [1.54, 1.807) is 18.2 Å². The predicted molar refractivity (Wildman–Crippen MR) is 119 cm³/mol. The molecule has 2 unspecified atom stereocenters. The molecule has 6 nitrogen and oxygen atoms in total. The third-order valence-corrected chi connectivity index (χ3v) is 6.99. The molecule has 6 rings (SSSR count). The number of hydrogen-bond acceptors (Lipinski definition) is 6. The second-order valence-corrected chi connectivity index (χ2v) is 9.11. The van der Waals surface area contributed by atoms with Gasteiger partial charge in [0, 0.05) is 41.1 Å². The first-order chi connectivity index (χ1) is 15.1. The Morgan fingerprint density at radius 2 is 1.81 bits per heavy atom. The maximum Gasteiger partial charge on any atom is 0.338 e. The minimum absolute atomic E-state index is 0.304. The summed E-state index contributed by atoms with van der Waals surface area (Å²) in [5.41, 5.74) is 2.28. The Morgan fingerprint density at radius 3 is 2.65 bits per heavy atom.